The van der Waals surface area contributed by atoms with Crippen molar-refractivity contribution in [2.45, 2.75) is 6.10 Å². The van der Waals surface area contributed by atoms with Crippen LogP contribution in [0, 0.1) is 0 Å². The number of halogens is 1. The highest BCUT2D eigenvalue weighted by atomic mass is 35.5. The topological polar surface area (TPSA) is 70.8 Å². The number of para-hydroxylation sites is 2. The van der Waals surface area contributed by atoms with Gasteiger partial charge in [-0.2, -0.15) is 9.61 Å². The van der Waals surface area contributed by atoms with Crippen molar-refractivity contribution in [3.8, 4) is 28.6 Å². The smallest absolute Gasteiger partial charge is 0.235 e. The summed E-state index contributed by atoms with van der Waals surface area (Å²) >= 11 is 7.56. The van der Waals surface area contributed by atoms with Crippen molar-refractivity contribution < 1.29 is 14.2 Å². The second-order valence-electron chi connectivity index (χ2n) is 5.87. The largest absolute Gasteiger partial charge is 0.496 e. The maximum Gasteiger partial charge on any atom is 0.235 e. The van der Waals surface area contributed by atoms with Crippen molar-refractivity contribution in [3.05, 3.63) is 52.5 Å². The van der Waals surface area contributed by atoms with E-state index < -0.39 is 0 Å². The molecule has 5 rings (SSSR count). The molecule has 0 radical (unpaired) electrons. The van der Waals surface area contributed by atoms with Crippen LogP contribution in [0.2, 0.25) is 5.02 Å². The second-order valence-corrected chi connectivity index (χ2v) is 7.29. The summed E-state index contributed by atoms with van der Waals surface area (Å²) in [5.74, 6) is 2.65. The minimum Gasteiger partial charge on any atom is -0.496 e. The van der Waals surface area contributed by atoms with Gasteiger partial charge >= 0.3 is 0 Å². The lowest BCUT2D eigenvalue weighted by Gasteiger charge is -2.24. The summed E-state index contributed by atoms with van der Waals surface area (Å²) < 4.78 is 18.9. The van der Waals surface area contributed by atoms with Gasteiger partial charge in [-0.05, 0) is 30.3 Å². The van der Waals surface area contributed by atoms with Crippen LogP contribution >= 0.6 is 22.9 Å². The summed E-state index contributed by atoms with van der Waals surface area (Å²) in [7, 11) is 1.60. The van der Waals surface area contributed by atoms with Crippen LogP contribution in [0.4, 0.5) is 0 Å². The number of aromatic nitrogens is 4. The highest BCUT2D eigenvalue weighted by Gasteiger charge is 2.27. The molecule has 2 aromatic heterocycles. The van der Waals surface area contributed by atoms with Crippen LogP contribution in [0.15, 0.2) is 42.5 Å². The number of fused-ring (bicyclic) bond motifs is 2. The lowest BCUT2D eigenvalue weighted by molar-refractivity contribution is 0.0904. The van der Waals surface area contributed by atoms with E-state index in [2.05, 4.69) is 15.3 Å². The maximum absolute atomic E-state index is 6.15. The molecule has 1 atom stereocenters. The fraction of sp³-hybridized carbons (Fsp3) is 0.167. The molecule has 0 aliphatic carbocycles. The molecular formula is C18H13ClN4O3S. The van der Waals surface area contributed by atoms with E-state index in [1.165, 1.54) is 11.3 Å². The first-order valence-electron chi connectivity index (χ1n) is 8.17. The molecule has 3 heterocycles. The molecule has 0 fully saturated rings. The molecule has 27 heavy (non-hydrogen) atoms. The average molecular weight is 401 g/mol. The number of methoxy groups -OCH3 is 1. The van der Waals surface area contributed by atoms with E-state index in [9.17, 15) is 0 Å². The molecule has 0 saturated carbocycles. The van der Waals surface area contributed by atoms with Crippen LogP contribution in [0.3, 0.4) is 0 Å². The Balaban J connectivity index is 1.54. The van der Waals surface area contributed by atoms with E-state index in [1.807, 2.05) is 24.3 Å². The minimum absolute atomic E-state index is 0.305. The van der Waals surface area contributed by atoms with E-state index in [0.29, 0.717) is 33.9 Å². The van der Waals surface area contributed by atoms with Gasteiger partial charge in [0.2, 0.25) is 4.96 Å². The molecule has 136 valence electrons. The second kappa shape index (κ2) is 6.40. The third-order valence-corrected chi connectivity index (χ3v) is 5.42. The lowest BCUT2D eigenvalue weighted by atomic mass is 10.2. The van der Waals surface area contributed by atoms with Crippen LogP contribution in [0.1, 0.15) is 11.1 Å². The van der Waals surface area contributed by atoms with Gasteiger partial charge in [0.05, 0.1) is 12.7 Å². The molecule has 0 bridgehead atoms. The summed E-state index contributed by atoms with van der Waals surface area (Å²) in [5, 5.41) is 14.5. The highest BCUT2D eigenvalue weighted by Crippen LogP contribution is 2.38. The first-order valence-corrected chi connectivity index (χ1v) is 9.37. The standard InChI is InChI=1S/C18H13ClN4O3S/c1-24-12-7-6-10(19)8-11(12)16-20-21-18-23(16)22-17(27-18)15-9-25-13-4-2-3-5-14(13)26-15/h2-8,15H,9H2,1H3. The molecule has 0 amide bonds. The number of ether oxygens (including phenoxy) is 3. The zero-order valence-corrected chi connectivity index (χ0v) is 15.7. The van der Waals surface area contributed by atoms with Gasteiger partial charge in [-0.1, -0.05) is 35.1 Å². The normalized spacial score (nSPS) is 15.9. The Bertz CT molecular complexity index is 1140. The summed E-state index contributed by atoms with van der Waals surface area (Å²) in [6, 6.07) is 12.9. The molecule has 1 aliphatic rings. The average Bonchev–Trinajstić information content (AvgIpc) is 3.28. The Labute approximate surface area is 163 Å². The van der Waals surface area contributed by atoms with E-state index in [0.717, 1.165) is 16.3 Å². The summed E-state index contributed by atoms with van der Waals surface area (Å²) in [6.07, 6.45) is -0.305. The molecule has 4 aromatic rings. The Morgan fingerprint density at radius 3 is 2.89 bits per heavy atom. The van der Waals surface area contributed by atoms with Gasteiger partial charge in [0.15, 0.2) is 28.4 Å². The van der Waals surface area contributed by atoms with Gasteiger partial charge in [0.25, 0.3) is 0 Å². The monoisotopic (exact) mass is 400 g/mol. The van der Waals surface area contributed by atoms with Crippen molar-refractivity contribution in [2.24, 2.45) is 0 Å². The number of rotatable bonds is 3. The van der Waals surface area contributed by atoms with E-state index in [-0.39, 0.29) is 6.10 Å². The molecule has 1 unspecified atom stereocenters. The number of nitrogens with zero attached hydrogens (tertiary/aromatic N) is 4. The van der Waals surface area contributed by atoms with Crippen molar-refractivity contribution in [1.29, 1.82) is 0 Å². The van der Waals surface area contributed by atoms with Crippen LogP contribution in [-0.2, 0) is 0 Å². The Morgan fingerprint density at radius 2 is 2.04 bits per heavy atom. The predicted octanol–water partition coefficient (Wildman–Crippen LogP) is 4.03. The first-order chi connectivity index (χ1) is 13.2. The molecule has 1 aliphatic heterocycles. The summed E-state index contributed by atoms with van der Waals surface area (Å²) in [4.78, 5) is 0.657. The highest BCUT2D eigenvalue weighted by molar-refractivity contribution is 7.16. The quantitative estimate of drug-likeness (QED) is 0.517. The zero-order chi connectivity index (χ0) is 18.4. The van der Waals surface area contributed by atoms with Gasteiger partial charge in [-0.15, -0.1) is 10.2 Å². The van der Waals surface area contributed by atoms with E-state index in [1.54, 1.807) is 29.8 Å². The van der Waals surface area contributed by atoms with Crippen LogP contribution in [0.25, 0.3) is 16.3 Å². The Hall–Kier alpha value is -2.84. The minimum atomic E-state index is -0.305. The van der Waals surface area contributed by atoms with Gasteiger partial charge in [-0.3, -0.25) is 0 Å². The fourth-order valence-electron chi connectivity index (χ4n) is 2.93. The molecular weight excluding hydrogens is 388 g/mol. The molecule has 0 N–H and O–H groups in total. The number of benzene rings is 2. The molecule has 9 heteroatoms. The predicted molar refractivity (Wildman–Crippen MR) is 101 cm³/mol. The van der Waals surface area contributed by atoms with Gasteiger partial charge in [-0.25, -0.2) is 0 Å². The zero-order valence-electron chi connectivity index (χ0n) is 14.1. The van der Waals surface area contributed by atoms with Crippen LogP contribution in [-0.4, -0.2) is 33.5 Å². The van der Waals surface area contributed by atoms with Crippen molar-refractivity contribution in [2.75, 3.05) is 13.7 Å². The first kappa shape index (κ1) is 16.3. The van der Waals surface area contributed by atoms with Gasteiger partial charge in [0, 0.05) is 5.02 Å². The van der Waals surface area contributed by atoms with Crippen molar-refractivity contribution in [1.82, 2.24) is 19.8 Å². The summed E-state index contributed by atoms with van der Waals surface area (Å²) in [6.45, 7) is 0.386. The van der Waals surface area contributed by atoms with E-state index >= 15 is 0 Å². The third-order valence-electron chi connectivity index (χ3n) is 4.19. The third kappa shape index (κ3) is 2.77. The van der Waals surface area contributed by atoms with Crippen molar-refractivity contribution in [3.63, 3.8) is 0 Å². The molecule has 2 aromatic carbocycles. The van der Waals surface area contributed by atoms with Gasteiger partial charge in [0.1, 0.15) is 12.4 Å². The van der Waals surface area contributed by atoms with E-state index in [4.69, 9.17) is 25.8 Å². The van der Waals surface area contributed by atoms with Gasteiger partial charge < -0.3 is 14.2 Å². The van der Waals surface area contributed by atoms with Crippen LogP contribution in [0.5, 0.6) is 17.2 Å². The summed E-state index contributed by atoms with van der Waals surface area (Å²) in [5.41, 5.74) is 0.723. The molecule has 0 saturated heterocycles. The Morgan fingerprint density at radius 1 is 1.19 bits per heavy atom. The number of hydrogen-bond acceptors (Lipinski definition) is 7. The Kier molecular flexibility index (Phi) is 3.87. The fourth-order valence-corrected chi connectivity index (χ4v) is 3.95. The maximum atomic E-state index is 6.15. The number of hydrogen-bond donors (Lipinski definition) is 0. The van der Waals surface area contributed by atoms with Crippen molar-refractivity contribution >= 4 is 27.9 Å². The molecule has 0 spiro atoms. The lowest BCUT2D eigenvalue weighted by Crippen LogP contribution is -2.21. The van der Waals surface area contributed by atoms with Crippen LogP contribution < -0.4 is 14.2 Å². The molecule has 7 nitrogen and oxygen atoms in total. The SMILES string of the molecule is COc1ccc(Cl)cc1-c1nnc2sc(C3COc4ccccc4O3)nn12.